The van der Waals surface area contributed by atoms with E-state index in [0.717, 1.165) is 24.6 Å². The molecule has 21 heavy (non-hydrogen) atoms. The summed E-state index contributed by atoms with van der Waals surface area (Å²) < 4.78 is 0. The number of rotatable bonds is 5. The minimum atomic E-state index is 0.461. The van der Waals surface area contributed by atoms with Crippen molar-refractivity contribution in [2.24, 2.45) is 0 Å². The summed E-state index contributed by atoms with van der Waals surface area (Å²) in [4.78, 5) is 9.71. The van der Waals surface area contributed by atoms with Crippen LogP contribution in [0.5, 0.6) is 0 Å². The molecule has 1 heterocycles. The highest BCUT2D eigenvalue weighted by molar-refractivity contribution is 5.37. The van der Waals surface area contributed by atoms with Crippen LogP contribution in [0.3, 0.4) is 0 Å². The molecule has 2 rings (SSSR count). The summed E-state index contributed by atoms with van der Waals surface area (Å²) in [5.41, 5.74) is 1.18. The number of hydrogen-bond acceptors (Lipinski definition) is 3. The monoisotopic (exact) mass is 289 g/mol. The van der Waals surface area contributed by atoms with E-state index in [9.17, 15) is 0 Å². The van der Waals surface area contributed by atoms with Crippen molar-refractivity contribution in [2.75, 3.05) is 11.9 Å². The molecule has 0 atom stereocenters. The molecule has 118 valence electrons. The average molecular weight is 289 g/mol. The quantitative estimate of drug-likeness (QED) is 0.804. The topological polar surface area (TPSA) is 37.8 Å². The van der Waals surface area contributed by atoms with Crippen molar-refractivity contribution < 1.29 is 0 Å². The summed E-state index contributed by atoms with van der Waals surface area (Å²) in [7, 11) is 0. The number of nitrogens with zero attached hydrogens (tertiary/aromatic N) is 2. The van der Waals surface area contributed by atoms with Gasteiger partial charge in [-0.3, -0.25) is 0 Å². The van der Waals surface area contributed by atoms with E-state index in [4.69, 9.17) is 9.97 Å². The van der Waals surface area contributed by atoms with E-state index >= 15 is 0 Å². The predicted molar refractivity (Wildman–Crippen MR) is 90.0 cm³/mol. The number of hydrogen-bond donors (Lipinski definition) is 1. The summed E-state index contributed by atoms with van der Waals surface area (Å²) in [5.74, 6) is 3.13. The standard InChI is InChI=1S/C18H31N3/c1-4-12-19-17-13-16(14(2)3)20-18(21-17)15-10-8-6-5-7-9-11-15/h13-15H,4-12H2,1-3H3,(H,19,20,21). The zero-order chi connectivity index (χ0) is 15.1. The van der Waals surface area contributed by atoms with Crippen molar-refractivity contribution in [3.05, 3.63) is 17.6 Å². The minimum Gasteiger partial charge on any atom is -0.370 e. The smallest absolute Gasteiger partial charge is 0.134 e. The van der Waals surface area contributed by atoms with Gasteiger partial charge >= 0.3 is 0 Å². The molecule has 0 aliphatic heterocycles. The molecule has 3 heteroatoms. The van der Waals surface area contributed by atoms with Gasteiger partial charge in [0.25, 0.3) is 0 Å². The second kappa shape index (κ2) is 8.35. The van der Waals surface area contributed by atoms with Crippen LogP contribution in [0.4, 0.5) is 5.82 Å². The Balaban J connectivity index is 2.20. The lowest BCUT2D eigenvalue weighted by molar-refractivity contribution is 0.441. The molecule has 0 radical (unpaired) electrons. The van der Waals surface area contributed by atoms with Crippen LogP contribution in [-0.2, 0) is 0 Å². The highest BCUT2D eigenvalue weighted by Gasteiger charge is 2.18. The van der Waals surface area contributed by atoms with Gasteiger partial charge in [0.1, 0.15) is 11.6 Å². The molecule has 0 bridgehead atoms. The van der Waals surface area contributed by atoms with Crippen LogP contribution in [0.15, 0.2) is 6.07 Å². The molecule has 3 nitrogen and oxygen atoms in total. The highest BCUT2D eigenvalue weighted by Crippen LogP contribution is 2.30. The van der Waals surface area contributed by atoms with E-state index in [2.05, 4.69) is 32.2 Å². The molecule has 1 aliphatic carbocycles. The van der Waals surface area contributed by atoms with Crippen molar-refractivity contribution in [1.82, 2.24) is 9.97 Å². The van der Waals surface area contributed by atoms with Gasteiger partial charge in [-0.25, -0.2) is 9.97 Å². The maximum Gasteiger partial charge on any atom is 0.134 e. The third-order valence-corrected chi connectivity index (χ3v) is 4.38. The van der Waals surface area contributed by atoms with Crippen molar-refractivity contribution >= 4 is 5.82 Å². The molecule has 1 N–H and O–H groups in total. The lowest BCUT2D eigenvalue weighted by atomic mass is 9.90. The first-order valence-electron chi connectivity index (χ1n) is 8.83. The molecule has 1 saturated carbocycles. The Labute approximate surface area is 130 Å². The Morgan fingerprint density at radius 3 is 2.38 bits per heavy atom. The summed E-state index contributed by atoms with van der Waals surface area (Å²) in [6, 6.07) is 2.13. The Hall–Kier alpha value is -1.12. The maximum absolute atomic E-state index is 4.89. The molecular formula is C18H31N3. The van der Waals surface area contributed by atoms with Gasteiger partial charge in [-0.2, -0.15) is 0 Å². The SMILES string of the molecule is CCCNc1cc(C(C)C)nc(C2CCCCCCC2)n1. The number of anilines is 1. The third-order valence-electron chi connectivity index (χ3n) is 4.38. The van der Waals surface area contributed by atoms with Gasteiger partial charge in [0.05, 0.1) is 0 Å². The fourth-order valence-electron chi connectivity index (χ4n) is 3.02. The molecular weight excluding hydrogens is 258 g/mol. The van der Waals surface area contributed by atoms with Crippen LogP contribution < -0.4 is 5.32 Å². The van der Waals surface area contributed by atoms with Gasteiger partial charge in [0, 0.05) is 24.2 Å². The summed E-state index contributed by atoms with van der Waals surface area (Å²) in [6.45, 7) is 7.60. The van der Waals surface area contributed by atoms with E-state index < -0.39 is 0 Å². The van der Waals surface area contributed by atoms with Crippen LogP contribution in [0.1, 0.15) is 95.5 Å². The number of aromatic nitrogens is 2. The van der Waals surface area contributed by atoms with Crippen molar-refractivity contribution in [1.29, 1.82) is 0 Å². The van der Waals surface area contributed by atoms with Gasteiger partial charge in [-0.15, -0.1) is 0 Å². The van der Waals surface area contributed by atoms with Gasteiger partial charge in [0.15, 0.2) is 0 Å². The van der Waals surface area contributed by atoms with Crippen molar-refractivity contribution in [2.45, 2.75) is 84.0 Å². The average Bonchev–Trinajstić information content (AvgIpc) is 2.44. The van der Waals surface area contributed by atoms with Crippen LogP contribution in [0.2, 0.25) is 0 Å². The van der Waals surface area contributed by atoms with Gasteiger partial charge < -0.3 is 5.32 Å². The summed E-state index contributed by atoms with van der Waals surface area (Å²) in [5, 5.41) is 3.45. The van der Waals surface area contributed by atoms with Crippen LogP contribution in [0, 0.1) is 0 Å². The third kappa shape index (κ3) is 4.98. The number of nitrogens with one attached hydrogen (secondary N) is 1. The van der Waals surface area contributed by atoms with Crippen LogP contribution >= 0.6 is 0 Å². The Morgan fingerprint density at radius 1 is 1.10 bits per heavy atom. The first-order valence-corrected chi connectivity index (χ1v) is 8.83. The Bertz CT molecular complexity index is 420. The highest BCUT2D eigenvalue weighted by atomic mass is 15.0. The van der Waals surface area contributed by atoms with Crippen LogP contribution in [-0.4, -0.2) is 16.5 Å². The van der Waals surface area contributed by atoms with Gasteiger partial charge in [-0.05, 0) is 25.2 Å². The normalized spacial score (nSPS) is 17.5. The predicted octanol–water partition coefficient (Wildman–Crippen LogP) is 5.25. The van der Waals surface area contributed by atoms with Gasteiger partial charge in [-0.1, -0.05) is 52.9 Å². The first kappa shape index (κ1) is 16.3. The second-order valence-corrected chi connectivity index (χ2v) is 6.66. The Morgan fingerprint density at radius 2 is 1.76 bits per heavy atom. The minimum absolute atomic E-state index is 0.461. The Kier molecular flexibility index (Phi) is 6.47. The molecule has 1 fully saturated rings. The lowest BCUT2D eigenvalue weighted by Crippen LogP contribution is -2.12. The zero-order valence-electron chi connectivity index (χ0n) is 14.0. The molecule has 0 amide bonds. The van der Waals surface area contributed by atoms with Crippen molar-refractivity contribution in [3.63, 3.8) is 0 Å². The second-order valence-electron chi connectivity index (χ2n) is 6.66. The molecule has 0 aromatic carbocycles. The van der Waals surface area contributed by atoms with E-state index in [1.165, 1.54) is 50.6 Å². The summed E-state index contributed by atoms with van der Waals surface area (Å²) >= 11 is 0. The van der Waals surface area contributed by atoms with E-state index in [1.54, 1.807) is 0 Å². The molecule has 0 saturated heterocycles. The van der Waals surface area contributed by atoms with E-state index in [0.29, 0.717) is 11.8 Å². The maximum atomic E-state index is 4.89. The van der Waals surface area contributed by atoms with Gasteiger partial charge in [0.2, 0.25) is 0 Å². The summed E-state index contributed by atoms with van der Waals surface area (Å²) in [6.07, 6.45) is 10.5. The first-order chi connectivity index (χ1) is 10.2. The molecule has 1 aromatic heterocycles. The lowest BCUT2D eigenvalue weighted by Gasteiger charge is -2.20. The van der Waals surface area contributed by atoms with E-state index in [-0.39, 0.29) is 0 Å². The molecule has 1 aromatic rings. The van der Waals surface area contributed by atoms with Crippen molar-refractivity contribution in [3.8, 4) is 0 Å². The molecule has 0 unspecified atom stereocenters. The molecule has 1 aliphatic rings. The van der Waals surface area contributed by atoms with Crippen LogP contribution in [0.25, 0.3) is 0 Å². The fourth-order valence-corrected chi connectivity index (χ4v) is 3.02. The zero-order valence-corrected chi connectivity index (χ0v) is 14.0. The van der Waals surface area contributed by atoms with E-state index in [1.807, 2.05) is 0 Å². The fraction of sp³-hybridized carbons (Fsp3) is 0.778. The molecule has 0 spiro atoms. The largest absolute Gasteiger partial charge is 0.370 e.